The largest absolute Gasteiger partial charge is 0.343 e. The molecule has 0 fully saturated rings. The van der Waals surface area contributed by atoms with Gasteiger partial charge in [-0.15, -0.1) is 0 Å². The number of carbonyl (C=O) groups excluding carboxylic acids is 1. The van der Waals surface area contributed by atoms with E-state index in [1.54, 1.807) is 30.3 Å². The fraction of sp³-hybridized carbons (Fsp3) is 0.188. The summed E-state index contributed by atoms with van der Waals surface area (Å²) in [6, 6.07) is 15.1. The van der Waals surface area contributed by atoms with Gasteiger partial charge in [0.15, 0.2) is 0 Å². The maximum atomic E-state index is 12.9. The topological polar surface area (TPSA) is 57.7 Å². The summed E-state index contributed by atoms with van der Waals surface area (Å²) in [7, 11) is -3.82. The maximum Gasteiger partial charge on any atom is 0.343 e. The zero-order valence-electron chi connectivity index (χ0n) is 12.2. The summed E-state index contributed by atoms with van der Waals surface area (Å²) in [6.07, 6.45) is 0.551. The first-order chi connectivity index (χ1) is 11.1. The van der Waals surface area contributed by atoms with E-state index in [1.807, 2.05) is 18.2 Å². The van der Waals surface area contributed by atoms with E-state index in [-0.39, 0.29) is 11.4 Å². The number of hydrogen-bond acceptors (Lipinski definition) is 3. The van der Waals surface area contributed by atoms with Crippen molar-refractivity contribution in [3.8, 4) is 0 Å². The molecule has 1 heterocycles. The van der Waals surface area contributed by atoms with Gasteiger partial charge in [0.05, 0.1) is 11.4 Å². The number of hydrogen-bond donors (Lipinski definition) is 0. The van der Waals surface area contributed by atoms with Gasteiger partial charge in [0.1, 0.15) is 4.90 Å². The lowest BCUT2D eigenvalue weighted by molar-refractivity contribution is 0.230. The first-order valence-electron chi connectivity index (χ1n) is 7.14. The zero-order chi connectivity index (χ0) is 16.4. The van der Waals surface area contributed by atoms with Gasteiger partial charge in [0, 0.05) is 11.9 Å². The number of urea groups is 1. The van der Waals surface area contributed by atoms with Gasteiger partial charge in [-0.05, 0) is 30.7 Å². The fourth-order valence-corrected chi connectivity index (χ4v) is 4.36. The number of benzene rings is 2. The predicted molar refractivity (Wildman–Crippen MR) is 92.7 cm³/mol. The van der Waals surface area contributed by atoms with Crippen molar-refractivity contribution in [2.45, 2.75) is 11.3 Å². The lowest BCUT2D eigenvalue weighted by Gasteiger charge is -2.36. The lowest BCUT2D eigenvalue weighted by atomic mass is 10.2. The smallest absolute Gasteiger partial charge is 0.261 e. The Kier molecular flexibility index (Phi) is 4.41. The van der Waals surface area contributed by atoms with Gasteiger partial charge in [0.2, 0.25) is 0 Å². The Bertz CT molecular complexity index is 824. The molecule has 0 unspecified atom stereocenters. The van der Waals surface area contributed by atoms with Crippen LogP contribution < -0.4 is 4.90 Å². The molecule has 0 bridgehead atoms. The van der Waals surface area contributed by atoms with Gasteiger partial charge >= 0.3 is 6.03 Å². The van der Waals surface area contributed by atoms with E-state index in [9.17, 15) is 13.2 Å². The molecule has 0 aromatic heterocycles. The summed E-state index contributed by atoms with van der Waals surface area (Å²) in [5.41, 5.74) is 1.03. The molecule has 0 radical (unpaired) electrons. The van der Waals surface area contributed by atoms with E-state index in [2.05, 4.69) is 15.9 Å². The highest BCUT2D eigenvalue weighted by molar-refractivity contribution is 9.09. The first-order valence-corrected chi connectivity index (χ1v) is 9.70. The third kappa shape index (κ3) is 2.74. The van der Waals surface area contributed by atoms with Crippen molar-refractivity contribution in [3.05, 3.63) is 54.6 Å². The molecule has 23 heavy (non-hydrogen) atoms. The molecule has 2 aromatic carbocycles. The zero-order valence-corrected chi connectivity index (χ0v) is 14.6. The van der Waals surface area contributed by atoms with Crippen LogP contribution in [0, 0.1) is 0 Å². The number of rotatable bonds is 4. The van der Waals surface area contributed by atoms with Crippen molar-refractivity contribution in [3.63, 3.8) is 0 Å². The predicted octanol–water partition coefficient (Wildman–Crippen LogP) is 3.73. The van der Waals surface area contributed by atoms with Crippen LogP contribution in [0.3, 0.4) is 0 Å². The molecule has 0 N–H and O–H groups in total. The van der Waals surface area contributed by atoms with Crippen LogP contribution in [0.1, 0.15) is 6.42 Å². The van der Waals surface area contributed by atoms with Crippen LogP contribution in [-0.2, 0) is 10.0 Å². The summed E-state index contributed by atoms with van der Waals surface area (Å²) in [5.74, 6) is 0. The third-order valence-corrected chi connectivity index (χ3v) is 5.97. The SMILES string of the molecule is O=C1N(c2ccccc2)c2ccccc2S(=O)(=O)N1CCCBr. The Morgan fingerprint density at radius 3 is 2.30 bits per heavy atom. The molecule has 120 valence electrons. The second-order valence-corrected chi connectivity index (χ2v) is 7.66. The average molecular weight is 395 g/mol. The molecular formula is C16H15BrN2O3S. The highest BCUT2D eigenvalue weighted by Crippen LogP contribution is 2.38. The van der Waals surface area contributed by atoms with Crippen molar-refractivity contribution < 1.29 is 13.2 Å². The number of fused-ring (bicyclic) bond motifs is 1. The Morgan fingerprint density at radius 2 is 1.61 bits per heavy atom. The molecule has 0 saturated heterocycles. The summed E-state index contributed by atoms with van der Waals surface area (Å²) in [4.78, 5) is 14.5. The van der Waals surface area contributed by atoms with Crippen molar-refractivity contribution in [1.29, 1.82) is 0 Å². The van der Waals surface area contributed by atoms with Crippen LogP contribution in [0.2, 0.25) is 0 Å². The quantitative estimate of drug-likeness (QED) is 0.742. The summed E-state index contributed by atoms with van der Waals surface area (Å²) >= 11 is 3.28. The summed E-state index contributed by atoms with van der Waals surface area (Å²) < 4.78 is 26.5. The Balaban J connectivity index is 2.18. The highest BCUT2D eigenvalue weighted by atomic mass is 79.9. The molecule has 2 aromatic rings. The van der Waals surface area contributed by atoms with Gasteiger partial charge in [0.25, 0.3) is 10.0 Å². The molecule has 0 aliphatic carbocycles. The van der Waals surface area contributed by atoms with Gasteiger partial charge in [-0.25, -0.2) is 17.5 Å². The number of nitrogens with zero attached hydrogens (tertiary/aromatic N) is 2. The van der Waals surface area contributed by atoms with Gasteiger partial charge in [-0.2, -0.15) is 0 Å². The van der Waals surface area contributed by atoms with Crippen LogP contribution in [-0.4, -0.2) is 30.6 Å². The number of halogens is 1. The average Bonchev–Trinajstić information content (AvgIpc) is 2.56. The molecule has 7 heteroatoms. The van der Waals surface area contributed by atoms with Crippen LogP contribution in [0.25, 0.3) is 0 Å². The molecule has 1 aliphatic heterocycles. The minimum Gasteiger partial charge on any atom is -0.261 e. The van der Waals surface area contributed by atoms with E-state index in [0.29, 0.717) is 23.1 Å². The Labute approximate surface area is 143 Å². The highest BCUT2D eigenvalue weighted by Gasteiger charge is 2.41. The third-order valence-electron chi connectivity index (χ3n) is 3.59. The monoisotopic (exact) mass is 394 g/mol. The minimum atomic E-state index is -3.82. The second kappa shape index (κ2) is 6.33. The van der Waals surface area contributed by atoms with Crippen LogP contribution in [0.5, 0.6) is 0 Å². The van der Waals surface area contributed by atoms with Crippen LogP contribution in [0.15, 0.2) is 59.5 Å². The van der Waals surface area contributed by atoms with E-state index < -0.39 is 16.1 Å². The maximum absolute atomic E-state index is 12.9. The van der Waals surface area contributed by atoms with Crippen molar-refractivity contribution in [1.82, 2.24) is 4.31 Å². The standard InChI is InChI=1S/C16H15BrN2O3S/c17-11-6-12-18-16(20)19(13-7-2-1-3-8-13)14-9-4-5-10-15(14)23(18,21)22/h1-5,7-10H,6,11-12H2. The number of carbonyl (C=O) groups is 1. The Hall–Kier alpha value is -1.86. The molecule has 0 saturated carbocycles. The molecule has 0 spiro atoms. The lowest BCUT2D eigenvalue weighted by Crippen LogP contribution is -2.49. The molecule has 5 nitrogen and oxygen atoms in total. The number of amides is 2. The van der Waals surface area contributed by atoms with Crippen molar-refractivity contribution >= 4 is 43.4 Å². The number of sulfonamides is 1. The summed E-state index contributed by atoms with van der Waals surface area (Å²) in [6.45, 7) is 0.143. The Morgan fingerprint density at radius 1 is 0.957 bits per heavy atom. The molecular weight excluding hydrogens is 380 g/mol. The minimum absolute atomic E-state index is 0.143. The van der Waals surface area contributed by atoms with Gasteiger partial charge in [-0.3, -0.25) is 4.90 Å². The van der Waals surface area contributed by atoms with E-state index in [0.717, 1.165) is 4.31 Å². The van der Waals surface area contributed by atoms with Crippen molar-refractivity contribution in [2.75, 3.05) is 16.8 Å². The van der Waals surface area contributed by atoms with E-state index >= 15 is 0 Å². The number of alkyl halides is 1. The van der Waals surface area contributed by atoms with Crippen molar-refractivity contribution in [2.24, 2.45) is 0 Å². The van der Waals surface area contributed by atoms with Crippen LogP contribution in [0.4, 0.5) is 16.2 Å². The first kappa shape index (κ1) is 16.0. The van der Waals surface area contributed by atoms with Crippen LogP contribution >= 0.6 is 15.9 Å². The molecule has 1 aliphatic rings. The van der Waals surface area contributed by atoms with Gasteiger partial charge < -0.3 is 0 Å². The van der Waals surface area contributed by atoms with E-state index in [1.165, 1.54) is 11.0 Å². The van der Waals surface area contributed by atoms with Gasteiger partial charge in [-0.1, -0.05) is 46.3 Å². The fourth-order valence-electron chi connectivity index (χ4n) is 2.54. The summed E-state index contributed by atoms with van der Waals surface area (Å²) in [5, 5.41) is 0.624. The molecule has 3 rings (SSSR count). The normalized spacial score (nSPS) is 16.3. The van der Waals surface area contributed by atoms with E-state index in [4.69, 9.17) is 0 Å². The molecule has 2 amide bonds. The molecule has 0 atom stereocenters. The number of anilines is 2. The second-order valence-electron chi connectivity index (χ2n) is 5.04. The number of para-hydroxylation sites is 2.